The lowest BCUT2D eigenvalue weighted by molar-refractivity contribution is -0.148. The van der Waals surface area contributed by atoms with Crippen molar-refractivity contribution in [3.05, 3.63) is 46.6 Å². The Morgan fingerprint density at radius 1 is 0.848 bits per heavy atom. The minimum absolute atomic E-state index is 0.173. The van der Waals surface area contributed by atoms with Gasteiger partial charge in [0.25, 0.3) is 0 Å². The summed E-state index contributed by atoms with van der Waals surface area (Å²) in [4.78, 5) is 22.4. The lowest BCUT2D eigenvalue weighted by Crippen LogP contribution is -2.11. The summed E-state index contributed by atoms with van der Waals surface area (Å²) in [6.45, 7) is 10.8. The number of benzene rings is 1. The minimum atomic E-state index is -0.406. The fourth-order valence-corrected chi connectivity index (χ4v) is 3.18. The molecule has 0 N–H and O–H groups in total. The topological polar surface area (TPSA) is 71.1 Å². The highest BCUT2D eigenvalue weighted by Gasteiger charge is 2.15. The van der Waals surface area contributed by atoms with Crippen LogP contribution in [0.3, 0.4) is 0 Å². The summed E-state index contributed by atoms with van der Waals surface area (Å²) < 4.78 is 21.7. The molecule has 0 aliphatic rings. The Balaban J connectivity index is 3.19. The van der Waals surface area contributed by atoms with Crippen LogP contribution in [0.5, 0.6) is 11.5 Å². The maximum atomic E-state index is 11.2. The van der Waals surface area contributed by atoms with Gasteiger partial charge in [0.2, 0.25) is 13.6 Å². The van der Waals surface area contributed by atoms with Crippen LogP contribution in [0, 0.1) is 0 Å². The number of carbonyl (C=O) groups is 2. The van der Waals surface area contributed by atoms with Crippen LogP contribution in [-0.4, -0.2) is 25.5 Å². The summed E-state index contributed by atoms with van der Waals surface area (Å²) in [5.41, 5.74) is 4.46. The van der Waals surface area contributed by atoms with Crippen LogP contribution in [0.2, 0.25) is 0 Å². The molecule has 0 aliphatic heterocycles. The highest BCUT2D eigenvalue weighted by Crippen LogP contribution is 2.33. The highest BCUT2D eigenvalue weighted by molar-refractivity contribution is 5.66. The Bertz CT molecular complexity index is 777. The third kappa shape index (κ3) is 12.8. The molecule has 0 unspecified atom stereocenters. The molecular formula is C27H40O6. The first-order valence-electron chi connectivity index (χ1n) is 11.7. The third-order valence-electron chi connectivity index (χ3n) is 5.00. The summed E-state index contributed by atoms with van der Waals surface area (Å²) in [6, 6.07) is 3.97. The van der Waals surface area contributed by atoms with Gasteiger partial charge < -0.3 is 18.9 Å². The maximum absolute atomic E-state index is 11.2. The Labute approximate surface area is 198 Å². The van der Waals surface area contributed by atoms with Crippen LogP contribution in [0.25, 0.3) is 0 Å². The summed E-state index contributed by atoms with van der Waals surface area (Å²) in [5, 5.41) is 0. The van der Waals surface area contributed by atoms with E-state index in [2.05, 4.69) is 39.8 Å². The Morgan fingerprint density at radius 3 is 1.91 bits per heavy atom. The van der Waals surface area contributed by atoms with Crippen LogP contribution in [-0.2, 0) is 31.9 Å². The lowest BCUT2D eigenvalue weighted by Gasteiger charge is -2.18. The van der Waals surface area contributed by atoms with Crippen molar-refractivity contribution >= 4 is 11.9 Å². The molecule has 0 saturated carbocycles. The molecule has 6 heteroatoms. The smallest absolute Gasteiger partial charge is 0.305 e. The van der Waals surface area contributed by atoms with Crippen LogP contribution in [0.4, 0.5) is 0 Å². The van der Waals surface area contributed by atoms with E-state index in [0.717, 1.165) is 49.7 Å². The Kier molecular flexibility index (Phi) is 13.7. The summed E-state index contributed by atoms with van der Waals surface area (Å²) in [7, 11) is 0. The van der Waals surface area contributed by atoms with Gasteiger partial charge in [-0.25, -0.2) is 0 Å². The molecule has 33 heavy (non-hydrogen) atoms. The third-order valence-corrected chi connectivity index (χ3v) is 5.00. The summed E-state index contributed by atoms with van der Waals surface area (Å²) >= 11 is 0. The SMILES string of the molecule is CCCCCc1cc(OCOC(C)=O)c(CC=C(C)CCC=C(C)C)c(OCOC(C)=O)c1. The second-order valence-corrected chi connectivity index (χ2v) is 8.40. The lowest BCUT2D eigenvalue weighted by atomic mass is 10.00. The van der Waals surface area contributed by atoms with Crippen LogP contribution in [0.1, 0.15) is 84.8 Å². The van der Waals surface area contributed by atoms with Gasteiger partial charge in [0.1, 0.15) is 11.5 Å². The van der Waals surface area contributed by atoms with E-state index in [1.807, 2.05) is 12.1 Å². The van der Waals surface area contributed by atoms with Crippen molar-refractivity contribution in [2.75, 3.05) is 13.6 Å². The molecule has 1 rings (SSSR count). The second kappa shape index (κ2) is 15.9. The highest BCUT2D eigenvalue weighted by atomic mass is 16.7. The van der Waals surface area contributed by atoms with Crippen LogP contribution < -0.4 is 9.47 Å². The second-order valence-electron chi connectivity index (χ2n) is 8.40. The quantitative estimate of drug-likeness (QED) is 0.130. The van der Waals surface area contributed by atoms with E-state index in [4.69, 9.17) is 18.9 Å². The number of rotatable bonds is 15. The van der Waals surface area contributed by atoms with E-state index in [1.165, 1.54) is 25.0 Å². The van der Waals surface area contributed by atoms with Gasteiger partial charge in [-0.3, -0.25) is 9.59 Å². The van der Waals surface area contributed by atoms with E-state index < -0.39 is 11.9 Å². The normalized spacial score (nSPS) is 11.0. The van der Waals surface area contributed by atoms with Gasteiger partial charge in [0, 0.05) is 19.4 Å². The van der Waals surface area contributed by atoms with Crippen molar-refractivity contribution < 1.29 is 28.5 Å². The van der Waals surface area contributed by atoms with Gasteiger partial charge in [0.15, 0.2) is 0 Å². The summed E-state index contributed by atoms with van der Waals surface area (Å²) in [6.07, 6.45) is 11.1. The van der Waals surface area contributed by atoms with E-state index >= 15 is 0 Å². The first kappa shape index (κ1) is 28.3. The first-order valence-corrected chi connectivity index (χ1v) is 11.7. The Morgan fingerprint density at radius 2 is 1.42 bits per heavy atom. The molecule has 0 saturated heterocycles. The van der Waals surface area contributed by atoms with Gasteiger partial charge in [-0.05, 0) is 70.6 Å². The fourth-order valence-electron chi connectivity index (χ4n) is 3.18. The fraction of sp³-hybridized carbons (Fsp3) is 0.556. The van der Waals surface area contributed by atoms with Crippen molar-refractivity contribution in [3.63, 3.8) is 0 Å². The first-order chi connectivity index (χ1) is 15.7. The number of unbranched alkanes of at least 4 members (excludes halogenated alkanes) is 2. The number of esters is 2. The average molecular weight is 461 g/mol. The van der Waals surface area contributed by atoms with Gasteiger partial charge in [0.05, 0.1) is 0 Å². The molecule has 6 nitrogen and oxygen atoms in total. The van der Waals surface area contributed by atoms with Crippen molar-refractivity contribution in [2.45, 2.75) is 86.5 Å². The van der Waals surface area contributed by atoms with Gasteiger partial charge in [-0.2, -0.15) is 0 Å². The number of aryl methyl sites for hydroxylation is 1. The number of ether oxygens (including phenoxy) is 4. The van der Waals surface area contributed by atoms with E-state index in [-0.39, 0.29) is 13.6 Å². The predicted molar refractivity (Wildman–Crippen MR) is 130 cm³/mol. The number of hydrogen-bond acceptors (Lipinski definition) is 6. The molecule has 184 valence electrons. The standard InChI is InChI=1S/C27H40O6/c1-7-8-9-13-24-16-26(32-18-30-22(5)28)25(27(17-24)33-19-31-23(6)29)15-14-21(4)12-10-11-20(2)3/h11,14,16-17H,7-10,12-13,15,18-19H2,1-6H3. The largest absolute Gasteiger partial charge is 0.457 e. The zero-order valence-electron chi connectivity index (χ0n) is 21.1. The molecule has 1 aromatic rings. The van der Waals surface area contributed by atoms with Gasteiger partial charge >= 0.3 is 11.9 Å². The summed E-state index contributed by atoms with van der Waals surface area (Å²) in [5.74, 6) is 0.404. The van der Waals surface area contributed by atoms with Gasteiger partial charge in [-0.15, -0.1) is 0 Å². The predicted octanol–water partition coefficient (Wildman–Crippen LogP) is 6.45. The molecule has 0 aromatic heterocycles. The zero-order valence-corrected chi connectivity index (χ0v) is 21.1. The van der Waals surface area contributed by atoms with Crippen LogP contribution >= 0.6 is 0 Å². The molecular weight excluding hydrogens is 420 g/mol. The zero-order chi connectivity index (χ0) is 24.6. The van der Waals surface area contributed by atoms with Crippen LogP contribution in [0.15, 0.2) is 35.4 Å². The average Bonchev–Trinajstić information content (AvgIpc) is 2.72. The van der Waals surface area contributed by atoms with E-state index in [0.29, 0.717) is 17.9 Å². The molecule has 1 aromatic carbocycles. The minimum Gasteiger partial charge on any atom is -0.457 e. The monoisotopic (exact) mass is 460 g/mol. The molecule has 0 heterocycles. The number of allylic oxidation sites excluding steroid dienone is 4. The molecule has 0 spiro atoms. The van der Waals surface area contributed by atoms with E-state index in [1.54, 1.807) is 0 Å². The number of carbonyl (C=O) groups excluding carboxylic acids is 2. The molecule has 0 atom stereocenters. The number of hydrogen-bond donors (Lipinski definition) is 0. The Hall–Kier alpha value is -2.76. The molecule has 0 amide bonds. The van der Waals surface area contributed by atoms with Crippen molar-refractivity contribution in [2.24, 2.45) is 0 Å². The van der Waals surface area contributed by atoms with E-state index in [9.17, 15) is 9.59 Å². The molecule has 0 aliphatic carbocycles. The van der Waals surface area contributed by atoms with Crippen molar-refractivity contribution in [3.8, 4) is 11.5 Å². The van der Waals surface area contributed by atoms with Crippen molar-refractivity contribution in [1.29, 1.82) is 0 Å². The molecule has 0 radical (unpaired) electrons. The molecule has 0 bridgehead atoms. The molecule has 0 fully saturated rings. The van der Waals surface area contributed by atoms with Gasteiger partial charge in [-0.1, -0.05) is 43.1 Å². The maximum Gasteiger partial charge on any atom is 0.305 e. The van der Waals surface area contributed by atoms with Crippen molar-refractivity contribution in [1.82, 2.24) is 0 Å².